The monoisotopic (exact) mass is 1690 g/mol. The van der Waals surface area contributed by atoms with Crippen molar-refractivity contribution in [3.63, 3.8) is 0 Å². The van der Waals surface area contributed by atoms with Gasteiger partial charge in [0.05, 0.1) is 13.1 Å². The van der Waals surface area contributed by atoms with E-state index >= 15 is 0 Å². The van der Waals surface area contributed by atoms with Crippen molar-refractivity contribution >= 4 is 502 Å². The Kier molecular flexibility index (Phi) is 86.8. The van der Waals surface area contributed by atoms with Crippen LogP contribution in [0.2, 0.25) is 0 Å². The minimum atomic E-state index is -1.82. The lowest BCUT2D eigenvalue weighted by Crippen LogP contribution is -1.96. The van der Waals surface area contributed by atoms with Crippen molar-refractivity contribution in [1.29, 1.82) is 0 Å². The molecular weight excluding hydrogens is 1690 g/mol. The van der Waals surface area contributed by atoms with Crippen molar-refractivity contribution in [1.82, 2.24) is 0 Å². The Bertz CT molecular complexity index is 781. The van der Waals surface area contributed by atoms with E-state index in [0.29, 0.717) is 6.61 Å². The van der Waals surface area contributed by atoms with Crippen molar-refractivity contribution in [3.8, 4) is 0 Å². The summed E-state index contributed by atoms with van der Waals surface area (Å²) in [7, 11) is 84.0. The largest absolute Gasteiger partial charge is 0.301 e. The molecular formula is C3H8OS51. The fourth-order valence-electron chi connectivity index (χ4n) is 0.750. The van der Waals surface area contributed by atoms with E-state index in [-0.39, 0.29) is 0 Å². The Labute approximate surface area is 512 Å². The fraction of sp³-hybridized carbons (Fsp3) is 1.00. The molecule has 0 aliphatic carbocycles. The highest BCUT2D eigenvalue weighted by Crippen LogP contribution is 2.69. The van der Waals surface area contributed by atoms with Gasteiger partial charge in [-0.05, 0) is 107 Å². The Morgan fingerprint density at radius 2 is 0.473 bits per heavy atom. The Balaban J connectivity index is 3.10. The van der Waals surface area contributed by atoms with E-state index < -0.39 is 6.46 Å². The van der Waals surface area contributed by atoms with Crippen LogP contribution >= 0.6 is 473 Å². The first kappa shape index (κ1) is 72.5. The first-order chi connectivity index (χ1) is 27.1. The summed E-state index contributed by atoms with van der Waals surface area (Å²) in [6.07, 6.45) is 0.948. The first-order valence-corrected chi connectivity index (χ1v) is 77.1. The van der Waals surface area contributed by atoms with Crippen molar-refractivity contribution in [3.05, 3.63) is 0 Å². The maximum Gasteiger partial charge on any atom is 0.0820 e. The lowest BCUT2D eigenvalue weighted by Gasteiger charge is -2.07. The minimum absolute atomic E-state index is 0.650. The van der Waals surface area contributed by atoms with Crippen LogP contribution in [-0.2, 0) is 33.0 Å². The third kappa shape index (κ3) is 67.6. The predicted octanol–water partition coefficient (Wildman–Crippen LogP) is 31.7. The topological polar surface area (TPSA) is 9.23 Å². The van der Waals surface area contributed by atoms with Crippen molar-refractivity contribution in [2.24, 2.45) is 0 Å². The highest BCUT2D eigenvalue weighted by Gasteiger charge is 2.06. The van der Waals surface area contributed by atoms with E-state index in [4.69, 9.17) is 26.6 Å². The third-order valence-corrected chi connectivity index (χ3v) is 111. The number of rotatable bonds is 50. The molecule has 52 heteroatoms. The van der Waals surface area contributed by atoms with E-state index in [1.807, 2.05) is 305 Å². The van der Waals surface area contributed by atoms with Crippen LogP contribution in [0.15, 0.2) is 0 Å². The van der Waals surface area contributed by atoms with Gasteiger partial charge in [-0.2, -0.15) is 0 Å². The summed E-state index contributed by atoms with van der Waals surface area (Å²) >= 11 is 14.7. The molecule has 0 atom stereocenters. The molecule has 0 fully saturated rings. The predicted molar refractivity (Wildman–Crippen MR) is 404 cm³/mol. The van der Waals surface area contributed by atoms with Crippen LogP contribution in [0, 0.1) is 0 Å². The minimum Gasteiger partial charge on any atom is -0.301 e. The van der Waals surface area contributed by atoms with E-state index in [1.54, 1.807) is 138 Å². The Morgan fingerprint density at radius 3 is 0.636 bits per heavy atom. The average Bonchev–Trinajstić information content (AvgIpc) is 3.18. The van der Waals surface area contributed by atoms with Crippen LogP contribution in [0.3, 0.4) is 0 Å². The number of hydrogen-bond acceptors (Lipinski definition) is 51. The molecule has 0 bridgehead atoms. The Morgan fingerprint density at radius 1 is 0.309 bits per heavy atom. The lowest BCUT2D eigenvalue weighted by molar-refractivity contribution is 0.374. The second-order valence-corrected chi connectivity index (χ2v) is 94.9. The summed E-state index contributed by atoms with van der Waals surface area (Å²) in [5.74, 6) is 0. The zero-order valence-electron chi connectivity index (χ0n) is 23.7. The maximum absolute atomic E-state index is 5.55. The van der Waals surface area contributed by atoms with Crippen LogP contribution in [-0.4, -0.2) is 6.61 Å². The maximum atomic E-state index is 5.55. The number of hydrogen-bond donors (Lipinski definition) is 1. The molecule has 0 aliphatic heterocycles. The van der Waals surface area contributed by atoms with Gasteiger partial charge in [-0.3, -0.25) is 0 Å². The smallest absolute Gasteiger partial charge is 0.0820 e. The van der Waals surface area contributed by atoms with Crippen molar-refractivity contribution < 1.29 is 4.18 Å². The molecule has 0 saturated heterocycles. The van der Waals surface area contributed by atoms with Crippen LogP contribution in [0.1, 0.15) is 13.3 Å². The highest BCUT2D eigenvalue weighted by atomic mass is 34.1. The highest BCUT2D eigenvalue weighted by molar-refractivity contribution is 9.63. The van der Waals surface area contributed by atoms with Gasteiger partial charge in [0.15, 0.2) is 0 Å². The number of thiol groups is 1. The van der Waals surface area contributed by atoms with Crippen molar-refractivity contribution in [2.45, 2.75) is 13.3 Å². The van der Waals surface area contributed by atoms with Gasteiger partial charge in [-0.1, -0.05) is 18.6 Å². The molecule has 1 nitrogen and oxygen atoms in total. The zero-order valence-corrected chi connectivity index (χ0v) is 65.4. The Hall–Kier alpha value is 17.5. The average molecular weight is 1700 g/mol. The van der Waals surface area contributed by atoms with Crippen LogP contribution in [0.4, 0.5) is 0 Å². The van der Waals surface area contributed by atoms with E-state index in [9.17, 15) is 0 Å². The molecule has 0 saturated carbocycles. The van der Waals surface area contributed by atoms with Crippen LogP contribution in [0.25, 0.3) is 0 Å². The second kappa shape index (κ2) is 65.8. The molecule has 0 aromatic carbocycles. The van der Waals surface area contributed by atoms with Crippen LogP contribution < -0.4 is 0 Å². The molecule has 0 aromatic rings. The molecule has 0 aliphatic rings. The summed E-state index contributed by atoms with van der Waals surface area (Å²) in [5.41, 5.74) is 0. The van der Waals surface area contributed by atoms with Crippen molar-refractivity contribution in [2.75, 3.05) is 6.61 Å². The fourth-order valence-corrected chi connectivity index (χ4v) is 132. The van der Waals surface area contributed by atoms with Gasteiger partial charge in [0.1, 0.15) is 0 Å². The SMILES string of the molecule is CCCOS(=S)(=S)SSSSSSSSSSSSSSSSSSSSSSSSSSSSSSSSSSSSSSSSSSSSSSSS. The van der Waals surface area contributed by atoms with Gasteiger partial charge >= 0.3 is 0 Å². The molecule has 0 heterocycles. The van der Waals surface area contributed by atoms with Gasteiger partial charge in [-0.15, -0.1) is 0 Å². The summed E-state index contributed by atoms with van der Waals surface area (Å²) < 4.78 is 5.55. The molecule has 332 valence electrons. The molecule has 0 radical (unpaired) electrons. The quantitative estimate of drug-likeness (QED) is 0.0352. The molecule has 0 N–H and O–H groups in total. The van der Waals surface area contributed by atoms with Crippen LogP contribution in [0.5, 0.6) is 0 Å². The normalized spacial score (nSPS) is 12.0. The van der Waals surface area contributed by atoms with Gasteiger partial charge in [-0.25, -0.2) is 0 Å². The summed E-state index contributed by atoms with van der Waals surface area (Å²) in [4.78, 5) is 0. The zero-order chi connectivity index (χ0) is 39.9. The van der Waals surface area contributed by atoms with E-state index in [1.165, 1.54) is 19.7 Å². The first-order valence-electron chi connectivity index (χ1n) is 10.0. The summed E-state index contributed by atoms with van der Waals surface area (Å²) in [6, 6.07) is 0. The summed E-state index contributed by atoms with van der Waals surface area (Å²) in [6.45, 7) is 0.892. The molecule has 0 unspecified atom stereocenters. The van der Waals surface area contributed by atoms with Gasteiger partial charge in [0.2, 0.25) is 0 Å². The molecule has 0 aromatic heterocycles. The van der Waals surface area contributed by atoms with E-state index in [0.717, 1.165) is 6.42 Å². The van der Waals surface area contributed by atoms with Gasteiger partial charge in [0.25, 0.3) is 0 Å². The van der Waals surface area contributed by atoms with E-state index in [2.05, 4.69) is 18.6 Å². The molecule has 0 amide bonds. The standard InChI is InChI=1S/C3H8OS51/c1-2-3-4-55(6,7)54-53-52-51-50-49-48-47-46-45-44-43-42-41-40-39-38-37-36-35-34-33-32-31-30-29-28-27-26-25-24-23-22-21-20-19-18-17-16-15-14-13-12-11-10-9-8-5/h5H,2-3H2,1H3. The lowest BCUT2D eigenvalue weighted by atomic mass is 10.5. The van der Waals surface area contributed by atoms with Gasteiger partial charge < -0.3 is 4.18 Å². The molecule has 55 heavy (non-hydrogen) atoms. The second-order valence-electron chi connectivity index (χ2n) is 4.43. The molecule has 0 spiro atoms. The molecule has 0 rings (SSSR count). The summed E-state index contributed by atoms with van der Waals surface area (Å²) in [5, 5.41) is 0. The third-order valence-electron chi connectivity index (χ3n) is 1.80. The van der Waals surface area contributed by atoms with Gasteiger partial charge in [0, 0.05) is 383 Å².